The van der Waals surface area contributed by atoms with E-state index in [-0.39, 0.29) is 0 Å². The topological polar surface area (TPSA) is 49.4 Å². The molecule has 2 aromatic rings. The van der Waals surface area contributed by atoms with Crippen LogP contribution in [0, 0.1) is 0 Å². The molecule has 0 radical (unpaired) electrons. The SMILES string of the molecule is CN(C)[C@@H]1CCc2c(cccc2NS(=O)(=O)c2ccccc2)C1. The number of fused-ring (bicyclic) bond motifs is 1. The fraction of sp³-hybridized carbons (Fsp3) is 0.333. The molecule has 0 bridgehead atoms. The van der Waals surface area contributed by atoms with Crippen molar-refractivity contribution >= 4 is 15.7 Å². The van der Waals surface area contributed by atoms with Gasteiger partial charge in [-0.25, -0.2) is 8.42 Å². The van der Waals surface area contributed by atoms with Crippen LogP contribution in [0.3, 0.4) is 0 Å². The molecule has 4 nitrogen and oxygen atoms in total. The first-order chi connectivity index (χ1) is 11.0. The number of likely N-dealkylation sites (N-methyl/N-ethyl adjacent to an activating group) is 1. The molecule has 0 unspecified atom stereocenters. The first-order valence-corrected chi connectivity index (χ1v) is 9.31. The van der Waals surface area contributed by atoms with E-state index in [1.807, 2.05) is 18.2 Å². The second-order valence-corrected chi connectivity index (χ2v) is 7.90. The summed E-state index contributed by atoms with van der Waals surface area (Å²) in [5.41, 5.74) is 3.08. The van der Waals surface area contributed by atoms with Crippen LogP contribution in [-0.2, 0) is 22.9 Å². The number of nitrogens with zero attached hydrogens (tertiary/aromatic N) is 1. The Morgan fingerprint density at radius 2 is 1.78 bits per heavy atom. The summed E-state index contributed by atoms with van der Waals surface area (Å²) in [6.07, 6.45) is 2.90. The number of nitrogens with one attached hydrogen (secondary N) is 1. The van der Waals surface area contributed by atoms with Crippen LogP contribution in [0.15, 0.2) is 53.4 Å². The molecular weight excluding hydrogens is 308 g/mol. The normalized spacial score (nSPS) is 17.8. The van der Waals surface area contributed by atoms with Gasteiger partial charge in [0.05, 0.1) is 10.6 Å². The van der Waals surface area contributed by atoms with Gasteiger partial charge in [-0.1, -0.05) is 30.3 Å². The molecule has 2 aromatic carbocycles. The molecule has 0 aromatic heterocycles. The summed E-state index contributed by atoms with van der Waals surface area (Å²) in [4.78, 5) is 2.53. The Morgan fingerprint density at radius 3 is 2.48 bits per heavy atom. The van der Waals surface area contributed by atoms with Crippen molar-refractivity contribution in [3.8, 4) is 0 Å². The van der Waals surface area contributed by atoms with Gasteiger partial charge in [0.15, 0.2) is 0 Å². The first kappa shape index (κ1) is 16.0. The van der Waals surface area contributed by atoms with E-state index < -0.39 is 10.0 Å². The maximum atomic E-state index is 12.5. The van der Waals surface area contributed by atoms with Crippen molar-refractivity contribution < 1.29 is 8.42 Å². The molecule has 1 N–H and O–H groups in total. The van der Waals surface area contributed by atoms with Crippen LogP contribution in [0.25, 0.3) is 0 Å². The van der Waals surface area contributed by atoms with E-state index >= 15 is 0 Å². The van der Waals surface area contributed by atoms with E-state index in [0.717, 1.165) is 24.8 Å². The van der Waals surface area contributed by atoms with Crippen LogP contribution in [0.4, 0.5) is 5.69 Å². The maximum absolute atomic E-state index is 12.5. The summed E-state index contributed by atoms with van der Waals surface area (Å²) in [5.74, 6) is 0. The molecule has 0 amide bonds. The highest BCUT2D eigenvalue weighted by atomic mass is 32.2. The fourth-order valence-electron chi connectivity index (χ4n) is 3.13. The summed E-state index contributed by atoms with van der Waals surface area (Å²) in [5, 5.41) is 0. The van der Waals surface area contributed by atoms with Gasteiger partial charge in [0.1, 0.15) is 0 Å². The van der Waals surface area contributed by atoms with E-state index in [4.69, 9.17) is 0 Å². The third-order valence-corrected chi connectivity index (χ3v) is 5.87. The summed E-state index contributed by atoms with van der Waals surface area (Å²) in [6.45, 7) is 0. The van der Waals surface area contributed by atoms with Gasteiger partial charge in [0, 0.05) is 6.04 Å². The lowest BCUT2D eigenvalue weighted by molar-refractivity contribution is 0.268. The maximum Gasteiger partial charge on any atom is 0.261 e. The van der Waals surface area contributed by atoms with Crippen LogP contribution in [0.2, 0.25) is 0 Å². The average molecular weight is 330 g/mol. The molecule has 5 heteroatoms. The first-order valence-electron chi connectivity index (χ1n) is 7.82. The molecule has 0 fully saturated rings. The predicted molar refractivity (Wildman–Crippen MR) is 93.2 cm³/mol. The van der Waals surface area contributed by atoms with Gasteiger partial charge >= 0.3 is 0 Å². The monoisotopic (exact) mass is 330 g/mol. The number of benzene rings is 2. The molecule has 1 aliphatic carbocycles. The number of rotatable bonds is 4. The van der Waals surface area contributed by atoms with E-state index in [0.29, 0.717) is 16.6 Å². The molecule has 0 saturated carbocycles. The predicted octanol–water partition coefficient (Wildman–Crippen LogP) is 2.91. The molecule has 0 aliphatic heterocycles. The number of sulfonamides is 1. The third kappa shape index (κ3) is 3.41. The lowest BCUT2D eigenvalue weighted by atomic mass is 9.87. The van der Waals surface area contributed by atoms with Gasteiger partial charge in [-0.2, -0.15) is 0 Å². The molecule has 0 saturated heterocycles. The summed E-state index contributed by atoms with van der Waals surface area (Å²) >= 11 is 0. The van der Waals surface area contributed by atoms with Gasteiger partial charge in [-0.3, -0.25) is 4.72 Å². The average Bonchev–Trinajstić information content (AvgIpc) is 2.55. The van der Waals surface area contributed by atoms with E-state index in [2.05, 4.69) is 29.8 Å². The molecule has 1 atom stereocenters. The molecule has 3 rings (SSSR count). The minimum absolute atomic E-state index is 0.291. The smallest absolute Gasteiger partial charge is 0.261 e. The van der Waals surface area contributed by atoms with Crippen molar-refractivity contribution in [2.45, 2.75) is 30.2 Å². The van der Waals surface area contributed by atoms with E-state index in [1.165, 1.54) is 5.56 Å². The van der Waals surface area contributed by atoms with Crippen LogP contribution < -0.4 is 4.72 Å². The van der Waals surface area contributed by atoms with E-state index in [1.54, 1.807) is 24.3 Å². The largest absolute Gasteiger partial charge is 0.306 e. The Morgan fingerprint density at radius 1 is 1.04 bits per heavy atom. The van der Waals surface area contributed by atoms with Crippen LogP contribution in [0.1, 0.15) is 17.5 Å². The van der Waals surface area contributed by atoms with Crippen molar-refractivity contribution in [2.24, 2.45) is 0 Å². The van der Waals surface area contributed by atoms with Crippen molar-refractivity contribution in [3.05, 3.63) is 59.7 Å². The Labute approximate surface area is 138 Å². The Hall–Kier alpha value is -1.85. The van der Waals surface area contributed by atoms with Crippen molar-refractivity contribution in [1.82, 2.24) is 4.90 Å². The highest BCUT2D eigenvalue weighted by Gasteiger charge is 2.23. The van der Waals surface area contributed by atoms with Gasteiger partial charge in [0.2, 0.25) is 0 Å². The molecule has 122 valence electrons. The van der Waals surface area contributed by atoms with Gasteiger partial charge < -0.3 is 4.90 Å². The Kier molecular flexibility index (Phi) is 4.41. The highest BCUT2D eigenvalue weighted by Crippen LogP contribution is 2.30. The van der Waals surface area contributed by atoms with Crippen LogP contribution in [0.5, 0.6) is 0 Å². The Balaban J connectivity index is 1.90. The van der Waals surface area contributed by atoms with Crippen molar-refractivity contribution in [2.75, 3.05) is 18.8 Å². The second kappa shape index (κ2) is 6.34. The molecule has 23 heavy (non-hydrogen) atoms. The number of hydrogen-bond acceptors (Lipinski definition) is 3. The van der Waals surface area contributed by atoms with Crippen molar-refractivity contribution in [3.63, 3.8) is 0 Å². The highest BCUT2D eigenvalue weighted by molar-refractivity contribution is 7.92. The van der Waals surface area contributed by atoms with E-state index in [9.17, 15) is 8.42 Å². The van der Waals surface area contributed by atoms with Gasteiger partial charge in [-0.15, -0.1) is 0 Å². The minimum atomic E-state index is -3.54. The summed E-state index contributed by atoms with van der Waals surface area (Å²) in [6, 6.07) is 14.9. The second-order valence-electron chi connectivity index (χ2n) is 6.22. The number of anilines is 1. The van der Waals surface area contributed by atoms with Crippen LogP contribution >= 0.6 is 0 Å². The Bertz CT molecular complexity index is 786. The minimum Gasteiger partial charge on any atom is -0.306 e. The lowest BCUT2D eigenvalue weighted by Crippen LogP contribution is -2.33. The summed E-state index contributed by atoms with van der Waals surface area (Å²) in [7, 11) is 0.653. The summed E-state index contributed by atoms with van der Waals surface area (Å²) < 4.78 is 27.8. The molecular formula is C18H22N2O2S. The fourth-order valence-corrected chi connectivity index (χ4v) is 4.24. The molecule has 0 heterocycles. The van der Waals surface area contributed by atoms with Gasteiger partial charge in [0.25, 0.3) is 10.0 Å². The lowest BCUT2D eigenvalue weighted by Gasteiger charge is -2.31. The third-order valence-electron chi connectivity index (χ3n) is 4.48. The molecule has 0 spiro atoms. The quantitative estimate of drug-likeness (QED) is 0.938. The van der Waals surface area contributed by atoms with Gasteiger partial charge in [-0.05, 0) is 62.7 Å². The number of hydrogen-bond donors (Lipinski definition) is 1. The van der Waals surface area contributed by atoms with Crippen LogP contribution in [-0.4, -0.2) is 33.5 Å². The zero-order valence-corrected chi connectivity index (χ0v) is 14.3. The zero-order chi connectivity index (χ0) is 16.4. The molecule has 1 aliphatic rings. The zero-order valence-electron chi connectivity index (χ0n) is 13.5. The standard InChI is InChI=1S/C18H22N2O2S/c1-20(2)15-11-12-17-14(13-15)7-6-10-18(17)19-23(21,22)16-8-4-3-5-9-16/h3-10,15,19H,11-13H2,1-2H3/t15-/m1/s1. The van der Waals surface area contributed by atoms with Crippen molar-refractivity contribution in [1.29, 1.82) is 0 Å².